The number of aldehydes is 1. The first-order valence-corrected chi connectivity index (χ1v) is 13.5. The molecule has 1 saturated carbocycles. The van der Waals surface area contributed by atoms with Gasteiger partial charge in [0, 0.05) is 12.6 Å². The van der Waals surface area contributed by atoms with Gasteiger partial charge in [-0.15, -0.1) is 0 Å². The van der Waals surface area contributed by atoms with E-state index in [1.54, 1.807) is 0 Å². The van der Waals surface area contributed by atoms with Gasteiger partial charge in [-0.05, 0) is 104 Å². The lowest BCUT2D eigenvalue weighted by Crippen LogP contribution is -2.25. The molecule has 0 amide bonds. The first-order valence-electron chi connectivity index (χ1n) is 13.5. The summed E-state index contributed by atoms with van der Waals surface area (Å²) in [4.78, 5) is 13.9. The van der Waals surface area contributed by atoms with E-state index in [1.807, 2.05) is 0 Å². The van der Waals surface area contributed by atoms with Gasteiger partial charge in [0.05, 0.1) is 13.2 Å². The van der Waals surface area contributed by atoms with Crippen molar-refractivity contribution in [2.24, 2.45) is 5.92 Å². The van der Waals surface area contributed by atoms with Crippen molar-refractivity contribution in [3.05, 3.63) is 64.2 Å². The van der Waals surface area contributed by atoms with Crippen LogP contribution in [0.1, 0.15) is 111 Å². The van der Waals surface area contributed by atoms with Crippen molar-refractivity contribution in [3.8, 4) is 5.75 Å². The molecular formula is C31H43NO2. The Kier molecular flexibility index (Phi) is 8.14. The molecule has 2 aromatic carbocycles. The fraction of sp³-hybridized carbons (Fsp3) is 0.581. The number of carbonyl (C=O) groups excluding carboxylic acids is 1. The molecule has 2 fully saturated rings. The van der Waals surface area contributed by atoms with Crippen LogP contribution in [-0.2, 0) is 4.79 Å². The van der Waals surface area contributed by atoms with Gasteiger partial charge in [-0.1, -0.05) is 51.1 Å². The predicted molar refractivity (Wildman–Crippen MR) is 141 cm³/mol. The minimum absolute atomic E-state index is 0.287. The number of hydrogen-bond acceptors (Lipinski definition) is 3. The first kappa shape index (κ1) is 25.0. The lowest BCUT2D eigenvalue weighted by atomic mass is 9.87. The molecule has 1 aliphatic carbocycles. The lowest BCUT2D eigenvalue weighted by Gasteiger charge is -2.23. The summed E-state index contributed by atoms with van der Waals surface area (Å²) < 4.78 is 6.13. The Bertz CT molecular complexity index is 962. The molecule has 2 unspecified atom stereocenters. The van der Waals surface area contributed by atoms with Crippen LogP contribution in [0.3, 0.4) is 0 Å². The molecular weight excluding hydrogens is 418 g/mol. The Morgan fingerprint density at radius 3 is 2.38 bits per heavy atom. The fourth-order valence-corrected chi connectivity index (χ4v) is 6.23. The first-order chi connectivity index (χ1) is 16.5. The van der Waals surface area contributed by atoms with Crippen molar-refractivity contribution in [1.82, 2.24) is 4.90 Å². The third-order valence-electron chi connectivity index (χ3n) is 8.34. The summed E-state index contributed by atoms with van der Waals surface area (Å²) in [6.45, 7) is 13.2. The molecule has 1 aliphatic heterocycles. The molecule has 2 aliphatic rings. The van der Waals surface area contributed by atoms with Crippen LogP contribution in [0.25, 0.3) is 0 Å². The zero-order valence-electron chi connectivity index (χ0n) is 21.8. The summed E-state index contributed by atoms with van der Waals surface area (Å²) in [6, 6.07) is 14.3. The summed E-state index contributed by atoms with van der Waals surface area (Å²) in [5.41, 5.74) is 6.86. The molecule has 4 atom stereocenters. The fourth-order valence-electron chi connectivity index (χ4n) is 6.23. The van der Waals surface area contributed by atoms with Crippen LogP contribution in [0, 0.1) is 12.8 Å². The quantitative estimate of drug-likeness (QED) is 0.324. The van der Waals surface area contributed by atoms with E-state index in [-0.39, 0.29) is 6.04 Å². The number of aryl methyl sites for hydroxylation is 1. The van der Waals surface area contributed by atoms with Crippen molar-refractivity contribution >= 4 is 6.29 Å². The van der Waals surface area contributed by atoms with Crippen LogP contribution < -0.4 is 4.74 Å². The third-order valence-corrected chi connectivity index (χ3v) is 8.34. The van der Waals surface area contributed by atoms with Crippen LogP contribution >= 0.6 is 0 Å². The van der Waals surface area contributed by atoms with Gasteiger partial charge in [-0.3, -0.25) is 4.90 Å². The molecule has 4 rings (SSSR count). The van der Waals surface area contributed by atoms with Gasteiger partial charge in [0.2, 0.25) is 0 Å². The summed E-state index contributed by atoms with van der Waals surface area (Å²) in [5, 5.41) is 0. The van der Waals surface area contributed by atoms with Gasteiger partial charge < -0.3 is 9.53 Å². The number of hydrogen-bond donors (Lipinski definition) is 0. The molecule has 0 N–H and O–H groups in total. The van der Waals surface area contributed by atoms with E-state index in [2.05, 4.69) is 75.9 Å². The van der Waals surface area contributed by atoms with E-state index in [4.69, 9.17) is 4.74 Å². The van der Waals surface area contributed by atoms with Crippen LogP contribution in [0.15, 0.2) is 36.4 Å². The van der Waals surface area contributed by atoms with E-state index < -0.39 is 0 Å². The maximum atomic E-state index is 11.5. The molecule has 0 radical (unpaired) electrons. The molecule has 0 aromatic heterocycles. The molecule has 2 aromatic rings. The van der Waals surface area contributed by atoms with Crippen LogP contribution in [0.5, 0.6) is 5.75 Å². The van der Waals surface area contributed by atoms with E-state index in [9.17, 15) is 4.79 Å². The van der Waals surface area contributed by atoms with Crippen molar-refractivity contribution < 1.29 is 9.53 Å². The molecule has 184 valence electrons. The molecule has 0 bridgehead atoms. The Morgan fingerprint density at radius 2 is 1.79 bits per heavy atom. The minimum Gasteiger partial charge on any atom is -0.494 e. The summed E-state index contributed by atoms with van der Waals surface area (Å²) in [5.74, 6) is 3.54. The SMILES string of the molecule is CCOc1cc([C@@H]2C[C@H](c3ccc(C(CC)C4CC4)cc3)N(CC=O)C2)cc(C)c1C(C)CC. The zero-order valence-corrected chi connectivity index (χ0v) is 21.8. The van der Waals surface area contributed by atoms with Gasteiger partial charge in [-0.2, -0.15) is 0 Å². The highest BCUT2D eigenvalue weighted by molar-refractivity contribution is 5.53. The monoisotopic (exact) mass is 461 g/mol. The number of nitrogens with zero attached hydrogens (tertiary/aromatic N) is 1. The van der Waals surface area contributed by atoms with Gasteiger partial charge in [0.25, 0.3) is 0 Å². The topological polar surface area (TPSA) is 29.5 Å². The van der Waals surface area contributed by atoms with Crippen molar-refractivity contribution in [2.45, 2.75) is 90.5 Å². The second-order valence-corrected chi connectivity index (χ2v) is 10.6. The van der Waals surface area contributed by atoms with E-state index in [0.717, 1.165) is 37.3 Å². The number of carbonyl (C=O) groups is 1. The number of benzene rings is 2. The van der Waals surface area contributed by atoms with Crippen molar-refractivity contribution in [2.75, 3.05) is 19.7 Å². The Hall–Kier alpha value is -2.13. The second kappa shape index (κ2) is 11.1. The number of ether oxygens (including phenoxy) is 1. The third kappa shape index (κ3) is 5.25. The highest BCUT2D eigenvalue weighted by Gasteiger charge is 2.35. The van der Waals surface area contributed by atoms with Gasteiger partial charge in [0.15, 0.2) is 0 Å². The van der Waals surface area contributed by atoms with Crippen LogP contribution in [-0.4, -0.2) is 30.9 Å². The van der Waals surface area contributed by atoms with Gasteiger partial charge in [-0.25, -0.2) is 0 Å². The smallest absolute Gasteiger partial charge is 0.134 e. The average Bonchev–Trinajstić information content (AvgIpc) is 3.58. The Balaban J connectivity index is 1.59. The van der Waals surface area contributed by atoms with Gasteiger partial charge >= 0.3 is 0 Å². The minimum atomic E-state index is 0.287. The maximum absolute atomic E-state index is 11.5. The summed E-state index contributed by atoms with van der Waals surface area (Å²) >= 11 is 0. The predicted octanol–water partition coefficient (Wildman–Crippen LogP) is 7.54. The Labute approximate surface area is 206 Å². The normalized spacial score (nSPS) is 22.5. The maximum Gasteiger partial charge on any atom is 0.134 e. The average molecular weight is 462 g/mol. The number of likely N-dealkylation sites (tertiary alicyclic amines) is 1. The van der Waals surface area contributed by atoms with E-state index in [1.165, 1.54) is 47.1 Å². The van der Waals surface area contributed by atoms with Gasteiger partial charge in [0.1, 0.15) is 12.0 Å². The zero-order chi connectivity index (χ0) is 24.2. The highest BCUT2D eigenvalue weighted by atomic mass is 16.5. The molecule has 0 spiro atoms. The number of rotatable bonds is 11. The second-order valence-electron chi connectivity index (χ2n) is 10.6. The Morgan fingerprint density at radius 1 is 1.06 bits per heavy atom. The molecule has 3 nitrogen and oxygen atoms in total. The molecule has 3 heteroatoms. The lowest BCUT2D eigenvalue weighted by molar-refractivity contribution is -0.109. The highest BCUT2D eigenvalue weighted by Crippen LogP contribution is 2.46. The van der Waals surface area contributed by atoms with E-state index in [0.29, 0.717) is 30.9 Å². The largest absolute Gasteiger partial charge is 0.494 e. The molecule has 1 heterocycles. The summed E-state index contributed by atoms with van der Waals surface area (Å²) in [6.07, 6.45) is 7.20. The molecule has 1 saturated heterocycles. The molecule has 34 heavy (non-hydrogen) atoms. The van der Waals surface area contributed by atoms with Crippen molar-refractivity contribution in [1.29, 1.82) is 0 Å². The van der Waals surface area contributed by atoms with Crippen LogP contribution in [0.2, 0.25) is 0 Å². The van der Waals surface area contributed by atoms with Crippen LogP contribution in [0.4, 0.5) is 0 Å². The van der Waals surface area contributed by atoms with Crippen molar-refractivity contribution in [3.63, 3.8) is 0 Å². The standard InChI is InChI=1S/C31H43NO2/c1-6-21(4)31-22(5)17-26(19-30(31)34-8-3)27-18-29(32(20-27)15-16-33)25-13-11-24(12-14-25)28(7-2)23-9-10-23/h11-14,16-17,19,21,23,27-29H,6-10,15,18,20H2,1-5H3/t21?,27-,28?,29-/m1/s1. The van der Waals surface area contributed by atoms with E-state index >= 15 is 0 Å². The summed E-state index contributed by atoms with van der Waals surface area (Å²) in [7, 11) is 0.